The van der Waals surface area contributed by atoms with Gasteiger partial charge in [-0.2, -0.15) is 0 Å². The summed E-state index contributed by atoms with van der Waals surface area (Å²) in [6.45, 7) is 3.46. The summed E-state index contributed by atoms with van der Waals surface area (Å²) in [6, 6.07) is 11.1. The first kappa shape index (κ1) is 18.8. The van der Waals surface area contributed by atoms with Gasteiger partial charge < -0.3 is 14.5 Å². The molecule has 2 heterocycles. The summed E-state index contributed by atoms with van der Waals surface area (Å²) in [7, 11) is 0. The van der Waals surface area contributed by atoms with Crippen LogP contribution in [0.15, 0.2) is 47.1 Å². The van der Waals surface area contributed by atoms with Crippen molar-refractivity contribution in [1.29, 1.82) is 0 Å². The lowest BCUT2D eigenvalue weighted by Crippen LogP contribution is -2.43. The minimum Gasteiger partial charge on any atom is -0.459 e. The number of carbonyl (C=O) groups is 1. The molecule has 1 aromatic heterocycles. The third-order valence-electron chi connectivity index (χ3n) is 3.95. The number of morpholine rings is 1. The zero-order valence-corrected chi connectivity index (χ0v) is 14.7. The topological polar surface area (TPSA) is 54.7 Å². The Morgan fingerprint density at radius 3 is 2.62 bits per heavy atom. The summed E-state index contributed by atoms with van der Waals surface area (Å²) >= 11 is 6.36. The van der Waals surface area contributed by atoms with E-state index in [2.05, 4.69) is 10.2 Å². The lowest BCUT2D eigenvalue weighted by atomic mass is 10.0. The van der Waals surface area contributed by atoms with Gasteiger partial charge in [-0.1, -0.05) is 29.8 Å². The first-order chi connectivity index (χ1) is 11.3. The average molecular weight is 371 g/mol. The van der Waals surface area contributed by atoms with Gasteiger partial charge >= 0.3 is 0 Å². The number of amides is 1. The van der Waals surface area contributed by atoms with Crippen molar-refractivity contribution in [3.63, 3.8) is 0 Å². The van der Waals surface area contributed by atoms with Gasteiger partial charge in [0.05, 0.1) is 25.5 Å². The summed E-state index contributed by atoms with van der Waals surface area (Å²) in [4.78, 5) is 14.4. The van der Waals surface area contributed by atoms with E-state index in [0.717, 1.165) is 18.7 Å². The Morgan fingerprint density at radius 2 is 1.96 bits per heavy atom. The van der Waals surface area contributed by atoms with Crippen LogP contribution in [0.1, 0.15) is 22.2 Å². The molecule has 0 aliphatic carbocycles. The Hall–Kier alpha value is -1.53. The van der Waals surface area contributed by atoms with Crippen LogP contribution in [-0.4, -0.2) is 43.7 Å². The van der Waals surface area contributed by atoms with Crippen LogP contribution in [-0.2, 0) is 4.74 Å². The second-order valence-electron chi connectivity index (χ2n) is 5.37. The van der Waals surface area contributed by atoms with Gasteiger partial charge in [-0.3, -0.25) is 9.69 Å². The van der Waals surface area contributed by atoms with E-state index in [1.165, 1.54) is 6.26 Å². The third-order valence-corrected chi connectivity index (χ3v) is 4.30. The molecule has 1 saturated heterocycles. The van der Waals surface area contributed by atoms with Crippen molar-refractivity contribution >= 4 is 29.9 Å². The minimum atomic E-state index is -0.222. The number of carbonyl (C=O) groups excluding carboxylic acids is 1. The normalized spacial score (nSPS) is 16.2. The summed E-state index contributed by atoms with van der Waals surface area (Å²) < 4.78 is 10.6. The predicted octanol–water partition coefficient (Wildman–Crippen LogP) is 3.16. The first-order valence-corrected chi connectivity index (χ1v) is 8.01. The van der Waals surface area contributed by atoms with Gasteiger partial charge in [0.1, 0.15) is 0 Å². The van der Waals surface area contributed by atoms with E-state index in [-0.39, 0.29) is 24.4 Å². The van der Waals surface area contributed by atoms with Crippen molar-refractivity contribution in [2.75, 3.05) is 32.8 Å². The van der Waals surface area contributed by atoms with E-state index < -0.39 is 0 Å². The quantitative estimate of drug-likeness (QED) is 0.877. The molecule has 1 amide bonds. The molecule has 1 unspecified atom stereocenters. The van der Waals surface area contributed by atoms with Crippen LogP contribution in [0.4, 0.5) is 0 Å². The fraction of sp³-hybridized carbons (Fsp3) is 0.353. The van der Waals surface area contributed by atoms with Gasteiger partial charge in [-0.05, 0) is 23.8 Å². The zero-order valence-electron chi connectivity index (χ0n) is 13.1. The van der Waals surface area contributed by atoms with E-state index in [9.17, 15) is 4.79 Å². The van der Waals surface area contributed by atoms with Crippen LogP contribution in [0.2, 0.25) is 5.02 Å². The standard InChI is InChI=1S/C17H19ClN2O3.ClH/c18-14-5-2-1-4-13(14)15(20-7-10-22-11-8-20)12-19-17(21)16-6-3-9-23-16;/h1-6,9,15H,7-8,10-12H2,(H,19,21);1H. The molecule has 0 bridgehead atoms. The summed E-state index contributed by atoms with van der Waals surface area (Å²) in [5.41, 5.74) is 1.01. The number of benzene rings is 1. The largest absolute Gasteiger partial charge is 0.459 e. The molecule has 24 heavy (non-hydrogen) atoms. The second-order valence-corrected chi connectivity index (χ2v) is 5.78. The Morgan fingerprint density at radius 1 is 1.21 bits per heavy atom. The molecule has 1 aliphatic heterocycles. The van der Waals surface area contributed by atoms with Crippen LogP contribution in [0.5, 0.6) is 0 Å². The van der Waals surface area contributed by atoms with Crippen molar-refractivity contribution in [1.82, 2.24) is 10.2 Å². The molecule has 1 atom stereocenters. The number of rotatable bonds is 5. The molecule has 2 aromatic rings. The van der Waals surface area contributed by atoms with Gasteiger partial charge in [0.15, 0.2) is 5.76 Å². The number of nitrogens with zero attached hydrogens (tertiary/aromatic N) is 1. The van der Waals surface area contributed by atoms with Crippen molar-refractivity contribution in [3.05, 3.63) is 59.0 Å². The fourth-order valence-corrected chi connectivity index (χ4v) is 3.02. The molecular formula is C17H20Cl2N2O3. The van der Waals surface area contributed by atoms with Crippen LogP contribution >= 0.6 is 24.0 Å². The van der Waals surface area contributed by atoms with Crippen molar-refractivity contribution < 1.29 is 13.9 Å². The van der Waals surface area contributed by atoms with Gasteiger partial charge in [0.25, 0.3) is 5.91 Å². The molecule has 0 spiro atoms. The Labute approximate surface area is 152 Å². The Bertz CT molecular complexity index is 643. The molecule has 0 saturated carbocycles. The van der Waals surface area contributed by atoms with E-state index in [4.69, 9.17) is 20.8 Å². The number of nitrogens with one attached hydrogen (secondary N) is 1. The highest BCUT2D eigenvalue weighted by Gasteiger charge is 2.25. The highest BCUT2D eigenvalue weighted by molar-refractivity contribution is 6.31. The van der Waals surface area contributed by atoms with E-state index >= 15 is 0 Å². The third kappa shape index (κ3) is 4.51. The van der Waals surface area contributed by atoms with Gasteiger partial charge in [-0.25, -0.2) is 0 Å². The minimum absolute atomic E-state index is 0. The lowest BCUT2D eigenvalue weighted by molar-refractivity contribution is 0.0162. The van der Waals surface area contributed by atoms with E-state index in [1.54, 1.807) is 12.1 Å². The van der Waals surface area contributed by atoms with Gasteiger partial charge in [0, 0.05) is 24.7 Å². The van der Waals surface area contributed by atoms with Crippen molar-refractivity contribution in [3.8, 4) is 0 Å². The summed E-state index contributed by atoms with van der Waals surface area (Å²) in [6.07, 6.45) is 1.49. The number of ether oxygens (including phenoxy) is 1. The van der Waals surface area contributed by atoms with Crippen LogP contribution in [0.25, 0.3) is 0 Å². The SMILES string of the molecule is Cl.O=C(NCC(c1ccccc1Cl)N1CCOCC1)c1ccco1. The molecule has 130 valence electrons. The molecule has 1 aromatic carbocycles. The highest BCUT2D eigenvalue weighted by atomic mass is 35.5. The second kappa shape index (κ2) is 9.08. The highest BCUT2D eigenvalue weighted by Crippen LogP contribution is 2.27. The van der Waals surface area contributed by atoms with Crippen molar-refractivity contribution in [2.45, 2.75) is 6.04 Å². The molecule has 3 rings (SSSR count). The smallest absolute Gasteiger partial charge is 0.287 e. The number of furan rings is 1. The fourth-order valence-electron chi connectivity index (χ4n) is 2.75. The molecule has 1 aliphatic rings. The number of hydrogen-bond donors (Lipinski definition) is 1. The summed E-state index contributed by atoms with van der Waals surface area (Å²) in [5, 5.41) is 3.64. The maximum Gasteiger partial charge on any atom is 0.287 e. The monoisotopic (exact) mass is 370 g/mol. The molecule has 1 fully saturated rings. The molecule has 1 N–H and O–H groups in total. The maximum absolute atomic E-state index is 12.1. The van der Waals surface area contributed by atoms with Gasteiger partial charge in [-0.15, -0.1) is 12.4 Å². The van der Waals surface area contributed by atoms with Crippen LogP contribution in [0, 0.1) is 0 Å². The Balaban J connectivity index is 0.00000208. The average Bonchev–Trinajstić information content (AvgIpc) is 3.12. The van der Waals surface area contributed by atoms with Crippen molar-refractivity contribution in [2.24, 2.45) is 0 Å². The Kier molecular flexibility index (Phi) is 7.12. The van der Waals surface area contributed by atoms with Gasteiger partial charge in [0.2, 0.25) is 0 Å². The van der Waals surface area contributed by atoms with Crippen LogP contribution < -0.4 is 5.32 Å². The zero-order chi connectivity index (χ0) is 16.1. The van der Waals surface area contributed by atoms with E-state index in [0.29, 0.717) is 30.5 Å². The molecule has 7 heteroatoms. The van der Waals surface area contributed by atoms with E-state index in [1.807, 2.05) is 24.3 Å². The number of hydrogen-bond acceptors (Lipinski definition) is 4. The lowest BCUT2D eigenvalue weighted by Gasteiger charge is -2.35. The maximum atomic E-state index is 12.1. The molecule has 0 radical (unpaired) electrons. The number of halogens is 2. The first-order valence-electron chi connectivity index (χ1n) is 7.63. The summed E-state index contributed by atoms with van der Waals surface area (Å²) in [5.74, 6) is 0.0881. The molecule has 5 nitrogen and oxygen atoms in total. The van der Waals surface area contributed by atoms with Crippen LogP contribution in [0.3, 0.4) is 0 Å². The molecular weight excluding hydrogens is 351 g/mol. The predicted molar refractivity (Wildman–Crippen MR) is 94.9 cm³/mol.